The van der Waals surface area contributed by atoms with Gasteiger partial charge in [-0.2, -0.15) is 0 Å². The first-order valence-electron chi connectivity index (χ1n) is 9.46. The van der Waals surface area contributed by atoms with Crippen molar-refractivity contribution in [1.29, 1.82) is 0 Å². The molecule has 2 fully saturated rings. The molecule has 1 amide bonds. The molecule has 5 nitrogen and oxygen atoms in total. The molecule has 3 heterocycles. The van der Waals surface area contributed by atoms with Crippen molar-refractivity contribution in [3.63, 3.8) is 0 Å². The first kappa shape index (κ1) is 17.5. The summed E-state index contributed by atoms with van der Waals surface area (Å²) in [5, 5.41) is 0. The van der Waals surface area contributed by atoms with E-state index in [1.807, 2.05) is 12.1 Å². The van der Waals surface area contributed by atoms with Gasteiger partial charge in [0.15, 0.2) is 5.76 Å². The summed E-state index contributed by atoms with van der Waals surface area (Å²) in [5.41, 5.74) is 0. The first-order chi connectivity index (χ1) is 11.6. The van der Waals surface area contributed by atoms with Crippen molar-refractivity contribution in [1.82, 2.24) is 14.7 Å². The van der Waals surface area contributed by atoms with E-state index in [-0.39, 0.29) is 5.91 Å². The molecule has 24 heavy (non-hydrogen) atoms. The van der Waals surface area contributed by atoms with Gasteiger partial charge in [0.25, 0.3) is 5.91 Å². The van der Waals surface area contributed by atoms with Gasteiger partial charge in [0, 0.05) is 18.6 Å². The number of rotatable bonds is 6. The fourth-order valence-corrected chi connectivity index (χ4v) is 4.25. The van der Waals surface area contributed by atoms with Crippen molar-refractivity contribution in [2.75, 3.05) is 33.2 Å². The molecule has 0 saturated carbocycles. The Hall–Kier alpha value is -1.33. The molecule has 2 aliphatic heterocycles. The number of nitrogens with zero attached hydrogens (tertiary/aromatic N) is 3. The van der Waals surface area contributed by atoms with Crippen LogP contribution in [0, 0.1) is 0 Å². The molecular formula is C19H31N3O2. The summed E-state index contributed by atoms with van der Waals surface area (Å²) in [6, 6.07) is 4.68. The van der Waals surface area contributed by atoms with E-state index in [4.69, 9.17) is 4.42 Å². The predicted molar refractivity (Wildman–Crippen MR) is 95.0 cm³/mol. The Morgan fingerprint density at radius 3 is 2.54 bits per heavy atom. The van der Waals surface area contributed by atoms with Crippen molar-refractivity contribution in [2.24, 2.45) is 0 Å². The fraction of sp³-hybridized carbons (Fsp3) is 0.737. The maximum atomic E-state index is 13.0. The van der Waals surface area contributed by atoms with E-state index >= 15 is 0 Å². The number of hydrogen-bond acceptors (Lipinski definition) is 4. The molecular weight excluding hydrogens is 302 g/mol. The highest BCUT2D eigenvalue weighted by Gasteiger charge is 2.39. The zero-order valence-corrected chi connectivity index (χ0v) is 15.3. The van der Waals surface area contributed by atoms with Gasteiger partial charge in [0.05, 0.1) is 6.54 Å². The highest BCUT2D eigenvalue weighted by atomic mass is 16.4. The molecule has 134 valence electrons. The van der Waals surface area contributed by atoms with Crippen LogP contribution in [0.1, 0.15) is 55.8 Å². The van der Waals surface area contributed by atoms with Gasteiger partial charge in [-0.1, -0.05) is 13.8 Å². The lowest BCUT2D eigenvalue weighted by Gasteiger charge is -2.32. The van der Waals surface area contributed by atoms with Crippen LogP contribution < -0.4 is 0 Å². The highest BCUT2D eigenvalue weighted by Crippen LogP contribution is 2.30. The maximum absolute atomic E-state index is 13.0. The Morgan fingerprint density at radius 1 is 1.17 bits per heavy atom. The summed E-state index contributed by atoms with van der Waals surface area (Å²) >= 11 is 0. The molecule has 0 radical (unpaired) electrons. The van der Waals surface area contributed by atoms with E-state index in [2.05, 4.69) is 35.6 Å². The Kier molecular flexibility index (Phi) is 5.61. The Morgan fingerprint density at radius 2 is 1.88 bits per heavy atom. The second kappa shape index (κ2) is 7.70. The average Bonchev–Trinajstić information content (AvgIpc) is 3.32. The third-order valence-electron chi connectivity index (χ3n) is 5.73. The number of likely N-dealkylation sites (N-methyl/N-ethyl adjacent to an activating group) is 1. The molecule has 0 unspecified atom stereocenters. The number of hydrogen-bond donors (Lipinski definition) is 0. The molecule has 0 bridgehead atoms. The summed E-state index contributed by atoms with van der Waals surface area (Å²) in [6.07, 6.45) is 4.67. The minimum Gasteiger partial charge on any atom is -0.455 e. The van der Waals surface area contributed by atoms with Crippen LogP contribution in [0.3, 0.4) is 0 Å². The summed E-state index contributed by atoms with van der Waals surface area (Å²) in [6.45, 7) is 9.05. The minimum atomic E-state index is 0.0728. The summed E-state index contributed by atoms with van der Waals surface area (Å²) < 4.78 is 5.88. The molecule has 2 aliphatic rings. The molecule has 1 aromatic rings. The predicted octanol–water partition coefficient (Wildman–Crippen LogP) is 2.82. The van der Waals surface area contributed by atoms with Crippen molar-refractivity contribution in [3.05, 3.63) is 23.7 Å². The third-order valence-corrected chi connectivity index (χ3v) is 5.73. The number of likely N-dealkylation sites (tertiary alicyclic amines) is 2. The standard InChI is InChI=1S/C19H31N3O2/c1-4-21(5-2)14-15-10-11-18(24-15)19(23)22-13-7-9-17(22)16-8-6-12-20(16)3/h10-11,16-17H,4-9,12-14H2,1-3H3/t16-,17-/m0/s1. The van der Waals surface area contributed by atoms with Crippen molar-refractivity contribution in [2.45, 2.75) is 58.2 Å². The maximum Gasteiger partial charge on any atom is 0.289 e. The van der Waals surface area contributed by atoms with Crippen LogP contribution in [0.4, 0.5) is 0 Å². The van der Waals surface area contributed by atoms with Crippen LogP contribution in [0.5, 0.6) is 0 Å². The van der Waals surface area contributed by atoms with Gasteiger partial charge in [0.1, 0.15) is 5.76 Å². The van der Waals surface area contributed by atoms with Crippen molar-refractivity contribution >= 4 is 5.91 Å². The van der Waals surface area contributed by atoms with Gasteiger partial charge < -0.3 is 14.2 Å². The van der Waals surface area contributed by atoms with Gasteiger partial charge in [0.2, 0.25) is 0 Å². The largest absolute Gasteiger partial charge is 0.455 e. The topological polar surface area (TPSA) is 39.9 Å². The van der Waals surface area contributed by atoms with E-state index < -0.39 is 0 Å². The summed E-state index contributed by atoms with van der Waals surface area (Å²) in [5.74, 6) is 1.46. The number of carbonyl (C=O) groups is 1. The van der Waals surface area contributed by atoms with E-state index in [0.29, 0.717) is 17.8 Å². The second-order valence-corrected chi connectivity index (χ2v) is 7.13. The van der Waals surface area contributed by atoms with Gasteiger partial charge in [-0.15, -0.1) is 0 Å². The monoisotopic (exact) mass is 333 g/mol. The van der Waals surface area contributed by atoms with Crippen LogP contribution >= 0.6 is 0 Å². The highest BCUT2D eigenvalue weighted by molar-refractivity contribution is 5.92. The van der Waals surface area contributed by atoms with Crippen LogP contribution in [0.2, 0.25) is 0 Å². The lowest BCUT2D eigenvalue weighted by molar-refractivity contribution is 0.0629. The molecule has 5 heteroatoms. The SMILES string of the molecule is CCN(CC)Cc1ccc(C(=O)N2CCC[C@H]2[C@@H]2CCCN2C)o1. The zero-order chi connectivity index (χ0) is 17.1. The number of carbonyl (C=O) groups excluding carboxylic acids is 1. The van der Waals surface area contributed by atoms with Gasteiger partial charge in [-0.25, -0.2) is 0 Å². The van der Waals surface area contributed by atoms with E-state index in [1.54, 1.807) is 0 Å². The van der Waals surface area contributed by atoms with Gasteiger partial charge in [-0.3, -0.25) is 9.69 Å². The number of furan rings is 1. The molecule has 2 saturated heterocycles. The van der Waals surface area contributed by atoms with Crippen molar-refractivity contribution in [3.8, 4) is 0 Å². The van der Waals surface area contributed by atoms with E-state index in [0.717, 1.165) is 51.3 Å². The third kappa shape index (κ3) is 3.52. The minimum absolute atomic E-state index is 0.0728. The quantitative estimate of drug-likeness (QED) is 0.802. The second-order valence-electron chi connectivity index (χ2n) is 7.13. The molecule has 3 rings (SSSR count). The molecule has 1 aromatic heterocycles. The Balaban J connectivity index is 1.68. The normalized spacial score (nSPS) is 25.1. The molecule has 2 atom stereocenters. The number of amides is 1. The molecule has 0 aromatic carbocycles. The first-order valence-corrected chi connectivity index (χ1v) is 9.46. The van der Waals surface area contributed by atoms with Crippen LogP contribution in [0.15, 0.2) is 16.5 Å². The van der Waals surface area contributed by atoms with Crippen LogP contribution in [0.25, 0.3) is 0 Å². The lowest BCUT2D eigenvalue weighted by atomic mass is 10.0. The molecule has 0 N–H and O–H groups in total. The summed E-state index contributed by atoms with van der Waals surface area (Å²) in [7, 11) is 2.19. The average molecular weight is 333 g/mol. The van der Waals surface area contributed by atoms with Crippen LogP contribution in [-0.4, -0.2) is 65.9 Å². The van der Waals surface area contributed by atoms with Gasteiger partial charge in [-0.05, 0) is 64.5 Å². The Bertz CT molecular complexity index is 553. The van der Waals surface area contributed by atoms with Crippen molar-refractivity contribution < 1.29 is 9.21 Å². The van der Waals surface area contributed by atoms with Gasteiger partial charge >= 0.3 is 0 Å². The van der Waals surface area contributed by atoms with Crippen LogP contribution in [-0.2, 0) is 6.54 Å². The molecule has 0 spiro atoms. The smallest absolute Gasteiger partial charge is 0.289 e. The van der Waals surface area contributed by atoms with E-state index in [1.165, 1.54) is 12.8 Å². The molecule has 0 aliphatic carbocycles. The summed E-state index contributed by atoms with van der Waals surface area (Å²) in [4.78, 5) is 19.7. The van der Waals surface area contributed by atoms with E-state index in [9.17, 15) is 4.79 Å². The Labute approximate surface area is 145 Å². The lowest BCUT2D eigenvalue weighted by Crippen LogP contribution is -2.47. The zero-order valence-electron chi connectivity index (χ0n) is 15.3. The fourth-order valence-electron chi connectivity index (χ4n) is 4.25.